The van der Waals surface area contributed by atoms with E-state index in [4.69, 9.17) is 5.73 Å². The van der Waals surface area contributed by atoms with Crippen molar-refractivity contribution >= 4 is 12.4 Å². The molecule has 0 unspecified atom stereocenters. The quantitative estimate of drug-likeness (QED) is 0.692. The number of hydrogen-bond acceptors (Lipinski definition) is 3. The summed E-state index contributed by atoms with van der Waals surface area (Å²) in [7, 11) is 0. The molecular formula is C7H12ClN3. The van der Waals surface area contributed by atoms with Gasteiger partial charge in [-0.2, -0.15) is 0 Å². The van der Waals surface area contributed by atoms with Crippen LogP contribution in [0.2, 0.25) is 0 Å². The van der Waals surface area contributed by atoms with E-state index in [1.165, 1.54) is 0 Å². The minimum atomic E-state index is -0.429. The van der Waals surface area contributed by atoms with E-state index in [0.717, 1.165) is 0 Å². The van der Waals surface area contributed by atoms with Crippen LogP contribution in [0.5, 0.6) is 0 Å². The number of nitrogens with zero attached hydrogens (tertiary/aromatic N) is 2. The molecule has 3 nitrogen and oxygen atoms in total. The van der Waals surface area contributed by atoms with Crippen molar-refractivity contribution in [3.63, 3.8) is 0 Å². The molecule has 2 N–H and O–H groups in total. The number of aromatic nitrogens is 2. The van der Waals surface area contributed by atoms with Crippen LogP contribution in [0.4, 0.5) is 0 Å². The van der Waals surface area contributed by atoms with Gasteiger partial charge in [0.2, 0.25) is 0 Å². The van der Waals surface area contributed by atoms with Crippen molar-refractivity contribution in [3.05, 3.63) is 24.3 Å². The molecule has 0 aliphatic carbocycles. The van der Waals surface area contributed by atoms with Gasteiger partial charge in [0.25, 0.3) is 0 Å². The van der Waals surface area contributed by atoms with Crippen LogP contribution in [0.15, 0.2) is 18.5 Å². The third kappa shape index (κ3) is 2.82. The monoisotopic (exact) mass is 173 g/mol. The summed E-state index contributed by atoms with van der Waals surface area (Å²) >= 11 is 0. The molecule has 0 spiro atoms. The summed E-state index contributed by atoms with van der Waals surface area (Å²) in [6.07, 6.45) is 3.38. The summed E-state index contributed by atoms with van der Waals surface area (Å²) in [5.41, 5.74) is 5.30. The molecule has 0 bridgehead atoms. The Morgan fingerprint density at radius 2 is 1.73 bits per heavy atom. The molecule has 1 aromatic rings. The lowest BCUT2D eigenvalue weighted by atomic mass is 10.1. The second-order valence-electron chi connectivity index (χ2n) is 2.79. The molecule has 0 saturated carbocycles. The number of rotatable bonds is 1. The lowest BCUT2D eigenvalue weighted by molar-refractivity contribution is 0.513. The zero-order chi connectivity index (χ0) is 7.61. The number of halogens is 1. The van der Waals surface area contributed by atoms with Crippen molar-refractivity contribution < 1.29 is 0 Å². The second-order valence-corrected chi connectivity index (χ2v) is 2.79. The zero-order valence-electron chi connectivity index (χ0n) is 6.61. The van der Waals surface area contributed by atoms with Crippen LogP contribution < -0.4 is 5.73 Å². The molecule has 0 fully saturated rings. The van der Waals surface area contributed by atoms with Gasteiger partial charge in [0.1, 0.15) is 5.82 Å². The van der Waals surface area contributed by atoms with E-state index < -0.39 is 5.54 Å². The SMILES string of the molecule is CC(C)(N)c1ncccn1.Cl. The lowest BCUT2D eigenvalue weighted by Gasteiger charge is -2.14. The highest BCUT2D eigenvalue weighted by molar-refractivity contribution is 5.85. The molecule has 62 valence electrons. The van der Waals surface area contributed by atoms with E-state index in [2.05, 4.69) is 9.97 Å². The predicted octanol–water partition coefficient (Wildman–Crippen LogP) is 1.09. The number of hydrogen-bond donors (Lipinski definition) is 1. The molecule has 1 heterocycles. The summed E-state index contributed by atoms with van der Waals surface area (Å²) in [6.45, 7) is 3.75. The van der Waals surface area contributed by atoms with Crippen LogP contribution in [0.25, 0.3) is 0 Å². The molecule has 1 rings (SSSR count). The van der Waals surface area contributed by atoms with Crippen LogP contribution in [0, 0.1) is 0 Å². The Morgan fingerprint density at radius 3 is 2.00 bits per heavy atom. The van der Waals surface area contributed by atoms with E-state index in [0.29, 0.717) is 5.82 Å². The average molecular weight is 174 g/mol. The lowest BCUT2D eigenvalue weighted by Crippen LogP contribution is -2.30. The summed E-state index contributed by atoms with van der Waals surface area (Å²) in [4.78, 5) is 8.03. The standard InChI is InChI=1S/C7H11N3.ClH/c1-7(2,8)6-9-4-3-5-10-6;/h3-5H,8H2,1-2H3;1H. The van der Waals surface area contributed by atoms with Gasteiger partial charge >= 0.3 is 0 Å². The molecule has 4 heteroatoms. The van der Waals surface area contributed by atoms with Crippen LogP contribution in [-0.4, -0.2) is 9.97 Å². The first kappa shape index (κ1) is 10.3. The highest BCUT2D eigenvalue weighted by atomic mass is 35.5. The van der Waals surface area contributed by atoms with Crippen LogP contribution in [0.3, 0.4) is 0 Å². The molecule has 0 atom stereocenters. The molecule has 0 aliphatic rings. The van der Waals surface area contributed by atoms with Gasteiger partial charge in [-0.25, -0.2) is 9.97 Å². The van der Waals surface area contributed by atoms with E-state index in [9.17, 15) is 0 Å². The van der Waals surface area contributed by atoms with Crippen LogP contribution >= 0.6 is 12.4 Å². The Bertz CT molecular complexity index is 205. The first-order valence-corrected chi connectivity index (χ1v) is 3.17. The van der Waals surface area contributed by atoms with Gasteiger partial charge in [0.15, 0.2) is 0 Å². The van der Waals surface area contributed by atoms with E-state index in [-0.39, 0.29) is 12.4 Å². The van der Waals surface area contributed by atoms with Gasteiger partial charge < -0.3 is 5.73 Å². The average Bonchev–Trinajstić information content (AvgIpc) is 1.88. The summed E-state index contributed by atoms with van der Waals surface area (Å²) in [6, 6.07) is 1.77. The minimum Gasteiger partial charge on any atom is -0.319 e. The van der Waals surface area contributed by atoms with Gasteiger partial charge in [0.05, 0.1) is 5.54 Å². The Morgan fingerprint density at radius 1 is 1.27 bits per heavy atom. The summed E-state index contributed by atoms with van der Waals surface area (Å²) in [5.74, 6) is 0.676. The third-order valence-electron chi connectivity index (χ3n) is 1.14. The topological polar surface area (TPSA) is 51.8 Å². The van der Waals surface area contributed by atoms with Gasteiger partial charge in [-0.05, 0) is 19.9 Å². The van der Waals surface area contributed by atoms with Gasteiger partial charge in [-0.15, -0.1) is 12.4 Å². The minimum absolute atomic E-state index is 0. The van der Waals surface area contributed by atoms with Crippen molar-refractivity contribution in [3.8, 4) is 0 Å². The van der Waals surface area contributed by atoms with Crippen molar-refractivity contribution in [1.82, 2.24) is 9.97 Å². The van der Waals surface area contributed by atoms with Crippen molar-refractivity contribution in [2.24, 2.45) is 5.73 Å². The first-order valence-electron chi connectivity index (χ1n) is 3.17. The van der Waals surface area contributed by atoms with Crippen LogP contribution in [-0.2, 0) is 5.54 Å². The van der Waals surface area contributed by atoms with E-state index in [1.807, 2.05) is 13.8 Å². The Balaban J connectivity index is 0.000001000. The maximum Gasteiger partial charge on any atom is 0.147 e. The maximum absolute atomic E-state index is 5.73. The fourth-order valence-corrected chi connectivity index (χ4v) is 0.632. The Hall–Kier alpha value is -0.670. The fraction of sp³-hybridized carbons (Fsp3) is 0.429. The molecule has 0 radical (unpaired) electrons. The van der Waals surface area contributed by atoms with Crippen LogP contribution in [0.1, 0.15) is 19.7 Å². The van der Waals surface area contributed by atoms with Crippen molar-refractivity contribution in [1.29, 1.82) is 0 Å². The smallest absolute Gasteiger partial charge is 0.147 e. The summed E-state index contributed by atoms with van der Waals surface area (Å²) in [5, 5.41) is 0. The molecule has 0 aromatic carbocycles. The Labute approximate surface area is 72.5 Å². The van der Waals surface area contributed by atoms with Crippen molar-refractivity contribution in [2.45, 2.75) is 19.4 Å². The first-order chi connectivity index (χ1) is 4.61. The van der Waals surface area contributed by atoms with E-state index in [1.54, 1.807) is 18.5 Å². The molecular weight excluding hydrogens is 162 g/mol. The molecule has 0 amide bonds. The molecule has 0 aliphatic heterocycles. The fourth-order valence-electron chi connectivity index (χ4n) is 0.632. The van der Waals surface area contributed by atoms with Gasteiger partial charge in [-0.3, -0.25) is 0 Å². The van der Waals surface area contributed by atoms with E-state index >= 15 is 0 Å². The molecule has 11 heavy (non-hydrogen) atoms. The normalized spacial score (nSPS) is 10.5. The second kappa shape index (κ2) is 3.64. The highest BCUT2D eigenvalue weighted by Crippen LogP contribution is 2.08. The zero-order valence-corrected chi connectivity index (χ0v) is 7.43. The molecule has 1 aromatic heterocycles. The van der Waals surface area contributed by atoms with Gasteiger partial charge in [-0.1, -0.05) is 0 Å². The largest absolute Gasteiger partial charge is 0.319 e. The predicted molar refractivity (Wildman–Crippen MR) is 46.5 cm³/mol. The van der Waals surface area contributed by atoms with Crippen molar-refractivity contribution in [2.75, 3.05) is 0 Å². The summed E-state index contributed by atoms with van der Waals surface area (Å²) < 4.78 is 0. The molecule has 0 saturated heterocycles. The highest BCUT2D eigenvalue weighted by Gasteiger charge is 2.15. The maximum atomic E-state index is 5.73. The number of nitrogens with two attached hydrogens (primary N) is 1. The third-order valence-corrected chi connectivity index (χ3v) is 1.14. The van der Waals surface area contributed by atoms with Gasteiger partial charge in [0, 0.05) is 12.4 Å². The Kier molecular flexibility index (Phi) is 3.42.